The lowest BCUT2D eigenvalue weighted by Crippen LogP contribution is -2.29. The minimum atomic E-state index is -3.56. The molecule has 136 valence electrons. The van der Waals surface area contributed by atoms with Crippen molar-refractivity contribution in [1.82, 2.24) is 14.4 Å². The molecule has 3 aromatic rings. The highest BCUT2D eigenvalue weighted by molar-refractivity contribution is 9.10. The van der Waals surface area contributed by atoms with E-state index in [4.69, 9.17) is 16.1 Å². The number of hydrogen-bond donors (Lipinski definition) is 0. The molecule has 1 heterocycles. The zero-order valence-electron chi connectivity index (χ0n) is 13.8. The predicted octanol–water partition coefficient (Wildman–Crippen LogP) is 4.02. The Morgan fingerprint density at radius 3 is 2.42 bits per heavy atom. The molecule has 9 heteroatoms. The molecule has 0 fully saturated rings. The summed E-state index contributed by atoms with van der Waals surface area (Å²) in [5.41, 5.74) is 0.754. The topological polar surface area (TPSA) is 76.3 Å². The van der Waals surface area contributed by atoms with E-state index in [0.29, 0.717) is 23.2 Å². The van der Waals surface area contributed by atoms with Crippen LogP contribution in [-0.2, 0) is 16.4 Å². The summed E-state index contributed by atoms with van der Waals surface area (Å²) in [5, 5.41) is 4.53. The van der Waals surface area contributed by atoms with Crippen molar-refractivity contribution in [1.29, 1.82) is 0 Å². The lowest BCUT2D eigenvalue weighted by molar-refractivity contribution is 0.415. The van der Waals surface area contributed by atoms with Gasteiger partial charge in [0.2, 0.25) is 10.0 Å². The van der Waals surface area contributed by atoms with E-state index in [9.17, 15) is 8.42 Å². The minimum absolute atomic E-state index is 0.234. The smallest absolute Gasteiger partial charge is 0.257 e. The van der Waals surface area contributed by atoms with Crippen LogP contribution in [0.2, 0.25) is 5.02 Å². The largest absolute Gasteiger partial charge is 0.334 e. The summed E-state index contributed by atoms with van der Waals surface area (Å²) in [5.74, 6) is 0.808. The van der Waals surface area contributed by atoms with Crippen LogP contribution in [0.3, 0.4) is 0 Å². The summed E-state index contributed by atoms with van der Waals surface area (Å²) in [6.07, 6.45) is 0.337. The van der Waals surface area contributed by atoms with E-state index < -0.39 is 10.0 Å². The van der Waals surface area contributed by atoms with Crippen LogP contribution >= 0.6 is 27.5 Å². The summed E-state index contributed by atoms with van der Waals surface area (Å²) in [6, 6.07) is 13.5. The molecule has 0 N–H and O–H groups in total. The maximum atomic E-state index is 12.6. The first kappa shape index (κ1) is 19.0. The fraction of sp³-hybridized carbons (Fsp3) is 0.176. The van der Waals surface area contributed by atoms with Gasteiger partial charge in [-0.05, 0) is 48.5 Å². The Bertz CT molecular complexity index is 989. The maximum absolute atomic E-state index is 12.6. The van der Waals surface area contributed by atoms with Gasteiger partial charge >= 0.3 is 0 Å². The van der Waals surface area contributed by atoms with Crippen LogP contribution in [0.25, 0.3) is 11.5 Å². The van der Waals surface area contributed by atoms with Crippen molar-refractivity contribution in [3.05, 3.63) is 63.9 Å². The van der Waals surface area contributed by atoms with Gasteiger partial charge in [0, 0.05) is 35.1 Å². The van der Waals surface area contributed by atoms with Crippen LogP contribution in [0.5, 0.6) is 0 Å². The van der Waals surface area contributed by atoms with Gasteiger partial charge in [0.15, 0.2) is 5.82 Å². The Kier molecular flexibility index (Phi) is 5.76. The van der Waals surface area contributed by atoms with Crippen LogP contribution in [0.4, 0.5) is 0 Å². The van der Waals surface area contributed by atoms with E-state index in [-0.39, 0.29) is 11.4 Å². The number of halogens is 2. The standard InChI is InChI=1S/C17H15BrClN3O3S/c1-22(26(23,24)15-8-4-13(18)5-9-15)11-10-16-20-17(25-21-16)12-2-6-14(19)7-3-12/h2-9H,10-11H2,1H3. The van der Waals surface area contributed by atoms with Crippen molar-refractivity contribution in [2.45, 2.75) is 11.3 Å². The quantitative estimate of drug-likeness (QED) is 0.560. The number of likely N-dealkylation sites (N-methyl/N-ethyl adjacent to an activating group) is 1. The van der Waals surface area contributed by atoms with Crippen LogP contribution in [0.1, 0.15) is 5.82 Å². The Hall–Kier alpha value is -1.74. The molecule has 0 radical (unpaired) electrons. The molecular formula is C17H15BrClN3O3S. The van der Waals surface area contributed by atoms with E-state index in [0.717, 1.165) is 10.0 Å². The molecule has 0 bridgehead atoms. The Labute approximate surface area is 165 Å². The van der Waals surface area contributed by atoms with Gasteiger partial charge in [-0.3, -0.25) is 0 Å². The highest BCUT2D eigenvalue weighted by Crippen LogP contribution is 2.21. The van der Waals surface area contributed by atoms with Crippen LogP contribution < -0.4 is 0 Å². The predicted molar refractivity (Wildman–Crippen MR) is 102 cm³/mol. The summed E-state index contributed by atoms with van der Waals surface area (Å²) in [7, 11) is -2.04. The average molecular weight is 457 g/mol. The Morgan fingerprint density at radius 2 is 1.77 bits per heavy atom. The number of aromatic nitrogens is 2. The Morgan fingerprint density at radius 1 is 1.12 bits per heavy atom. The summed E-state index contributed by atoms with van der Waals surface area (Å²) < 4.78 is 32.4. The first-order valence-electron chi connectivity index (χ1n) is 7.67. The highest BCUT2D eigenvalue weighted by atomic mass is 79.9. The first-order chi connectivity index (χ1) is 12.4. The van der Waals surface area contributed by atoms with Gasteiger partial charge < -0.3 is 4.52 Å². The normalized spacial score (nSPS) is 11.8. The zero-order chi connectivity index (χ0) is 18.7. The van der Waals surface area contributed by atoms with Gasteiger partial charge in [0.25, 0.3) is 5.89 Å². The monoisotopic (exact) mass is 455 g/mol. The summed E-state index contributed by atoms with van der Waals surface area (Å²) in [6.45, 7) is 0.234. The van der Waals surface area contributed by atoms with E-state index in [1.54, 1.807) is 48.5 Å². The van der Waals surface area contributed by atoms with Crippen LogP contribution in [-0.4, -0.2) is 36.5 Å². The van der Waals surface area contributed by atoms with E-state index in [1.807, 2.05) is 0 Å². The molecular weight excluding hydrogens is 442 g/mol. The third-order valence-electron chi connectivity index (χ3n) is 3.73. The second-order valence-electron chi connectivity index (χ2n) is 5.55. The number of benzene rings is 2. The summed E-state index contributed by atoms with van der Waals surface area (Å²) >= 11 is 9.15. The van der Waals surface area contributed by atoms with Crippen molar-refractivity contribution in [3.8, 4) is 11.5 Å². The molecule has 0 unspecified atom stereocenters. The number of hydrogen-bond acceptors (Lipinski definition) is 5. The van der Waals surface area contributed by atoms with Crippen LogP contribution in [0.15, 0.2) is 62.4 Å². The molecule has 0 atom stereocenters. The molecule has 26 heavy (non-hydrogen) atoms. The van der Waals surface area contributed by atoms with Gasteiger partial charge in [-0.15, -0.1) is 0 Å². The molecule has 0 aliphatic heterocycles. The molecule has 2 aromatic carbocycles. The van der Waals surface area contributed by atoms with Crippen molar-refractivity contribution >= 4 is 37.6 Å². The SMILES string of the molecule is CN(CCc1noc(-c2ccc(Cl)cc2)n1)S(=O)(=O)c1ccc(Br)cc1. The third kappa shape index (κ3) is 4.32. The molecule has 0 amide bonds. The summed E-state index contributed by atoms with van der Waals surface area (Å²) in [4.78, 5) is 4.53. The van der Waals surface area contributed by atoms with Crippen LogP contribution in [0, 0.1) is 0 Å². The lowest BCUT2D eigenvalue weighted by atomic mass is 10.2. The molecule has 0 aliphatic carbocycles. The molecule has 1 aromatic heterocycles. The van der Waals surface area contributed by atoms with E-state index in [1.165, 1.54) is 11.4 Å². The molecule has 0 aliphatic rings. The van der Waals surface area contributed by atoms with Crippen molar-refractivity contribution in [2.24, 2.45) is 0 Å². The lowest BCUT2D eigenvalue weighted by Gasteiger charge is -2.16. The molecule has 0 saturated carbocycles. The number of rotatable bonds is 6. The van der Waals surface area contributed by atoms with E-state index >= 15 is 0 Å². The Balaban J connectivity index is 1.67. The first-order valence-corrected chi connectivity index (χ1v) is 10.3. The van der Waals surface area contributed by atoms with E-state index in [2.05, 4.69) is 26.1 Å². The zero-order valence-corrected chi connectivity index (χ0v) is 16.9. The molecule has 3 rings (SSSR count). The highest BCUT2D eigenvalue weighted by Gasteiger charge is 2.21. The van der Waals surface area contributed by atoms with Crippen molar-refractivity contribution in [2.75, 3.05) is 13.6 Å². The number of nitrogens with zero attached hydrogens (tertiary/aromatic N) is 3. The third-order valence-corrected chi connectivity index (χ3v) is 6.38. The van der Waals surface area contributed by atoms with Gasteiger partial charge in [0.1, 0.15) is 0 Å². The second kappa shape index (κ2) is 7.87. The second-order valence-corrected chi connectivity index (χ2v) is 8.95. The average Bonchev–Trinajstić information content (AvgIpc) is 3.09. The van der Waals surface area contributed by atoms with Gasteiger partial charge in [0.05, 0.1) is 4.90 Å². The minimum Gasteiger partial charge on any atom is -0.334 e. The molecule has 6 nitrogen and oxygen atoms in total. The van der Waals surface area contributed by atoms with Gasteiger partial charge in [-0.1, -0.05) is 32.7 Å². The molecule has 0 saturated heterocycles. The fourth-order valence-corrected chi connectivity index (χ4v) is 3.79. The maximum Gasteiger partial charge on any atom is 0.257 e. The van der Waals surface area contributed by atoms with Gasteiger partial charge in [-0.2, -0.15) is 4.98 Å². The molecule has 0 spiro atoms. The van der Waals surface area contributed by atoms with Crippen molar-refractivity contribution in [3.63, 3.8) is 0 Å². The number of sulfonamides is 1. The van der Waals surface area contributed by atoms with Crippen molar-refractivity contribution < 1.29 is 12.9 Å². The fourth-order valence-electron chi connectivity index (χ4n) is 2.23. The van der Waals surface area contributed by atoms with Gasteiger partial charge in [-0.25, -0.2) is 12.7 Å².